The molecule has 0 aliphatic heterocycles. The summed E-state index contributed by atoms with van der Waals surface area (Å²) in [6.07, 6.45) is 0. The number of nitrogens with zero attached hydrogens (tertiary/aromatic N) is 1. The van der Waals surface area contributed by atoms with E-state index in [0.29, 0.717) is 5.17 Å². The van der Waals surface area contributed by atoms with E-state index in [1.807, 2.05) is 24.3 Å². The molecule has 0 amide bonds. The second-order valence-corrected chi connectivity index (χ2v) is 3.60. The molecular formula is C9H14ClN3OS. The van der Waals surface area contributed by atoms with Crippen LogP contribution in [0.15, 0.2) is 29.4 Å². The molecule has 4 nitrogen and oxygen atoms in total. The molecule has 0 heterocycles. The highest BCUT2D eigenvalue weighted by Gasteiger charge is 1.97. The molecule has 0 spiro atoms. The van der Waals surface area contributed by atoms with Gasteiger partial charge in [-0.25, -0.2) is 0 Å². The molecule has 0 aliphatic rings. The van der Waals surface area contributed by atoms with Crippen LogP contribution >= 0.6 is 24.2 Å². The van der Waals surface area contributed by atoms with E-state index in [1.165, 1.54) is 11.8 Å². The lowest BCUT2D eigenvalue weighted by molar-refractivity contribution is 0.414. The average molecular weight is 248 g/mol. The van der Waals surface area contributed by atoms with Crippen molar-refractivity contribution in [3.05, 3.63) is 29.8 Å². The van der Waals surface area contributed by atoms with Crippen LogP contribution in [0.5, 0.6) is 5.75 Å². The summed E-state index contributed by atoms with van der Waals surface area (Å²) in [6, 6.07) is 7.78. The number of methoxy groups -OCH3 is 1. The monoisotopic (exact) mass is 247 g/mol. The van der Waals surface area contributed by atoms with Crippen molar-refractivity contribution in [3.8, 4) is 5.75 Å². The number of halogens is 1. The molecule has 0 saturated heterocycles. The maximum atomic E-state index is 5.44. The molecule has 0 radical (unpaired) electrons. The molecule has 1 aromatic carbocycles. The number of hydrogen-bond acceptors (Lipinski definition) is 4. The summed E-state index contributed by atoms with van der Waals surface area (Å²) in [5.74, 6) is 6.61. The van der Waals surface area contributed by atoms with Crippen molar-refractivity contribution in [2.75, 3.05) is 7.11 Å². The first-order chi connectivity index (χ1) is 6.76. The van der Waals surface area contributed by atoms with E-state index >= 15 is 0 Å². The number of rotatable bonds is 3. The second-order valence-electron chi connectivity index (χ2n) is 2.60. The van der Waals surface area contributed by atoms with Gasteiger partial charge in [0.1, 0.15) is 5.75 Å². The average Bonchev–Trinajstić information content (AvgIpc) is 2.26. The van der Waals surface area contributed by atoms with E-state index in [-0.39, 0.29) is 12.4 Å². The minimum Gasteiger partial charge on any atom is -0.497 e. The van der Waals surface area contributed by atoms with E-state index in [4.69, 9.17) is 16.3 Å². The van der Waals surface area contributed by atoms with Crippen molar-refractivity contribution < 1.29 is 4.74 Å². The van der Waals surface area contributed by atoms with Crippen molar-refractivity contribution in [1.82, 2.24) is 0 Å². The molecule has 0 atom stereocenters. The highest BCUT2D eigenvalue weighted by atomic mass is 35.5. The minimum atomic E-state index is 0. The first-order valence-electron chi connectivity index (χ1n) is 4.05. The van der Waals surface area contributed by atoms with E-state index in [2.05, 4.69) is 5.10 Å². The van der Waals surface area contributed by atoms with Crippen LogP contribution in [0.3, 0.4) is 0 Å². The maximum Gasteiger partial charge on any atom is 0.177 e. The van der Waals surface area contributed by atoms with E-state index in [1.54, 1.807) is 7.11 Å². The molecule has 1 rings (SSSR count). The Hall–Kier alpha value is -1.07. The summed E-state index contributed by atoms with van der Waals surface area (Å²) in [4.78, 5) is 0. The van der Waals surface area contributed by atoms with Crippen LogP contribution in [-0.2, 0) is 5.75 Å². The molecule has 0 fully saturated rings. The van der Waals surface area contributed by atoms with Gasteiger partial charge in [0.2, 0.25) is 0 Å². The first-order valence-corrected chi connectivity index (χ1v) is 5.04. The lowest BCUT2D eigenvalue weighted by atomic mass is 10.2. The number of hydrazone groups is 1. The first kappa shape index (κ1) is 13.9. The molecule has 0 aromatic heterocycles. The zero-order chi connectivity index (χ0) is 10.4. The summed E-state index contributed by atoms with van der Waals surface area (Å²) in [7, 11) is 1.64. The summed E-state index contributed by atoms with van der Waals surface area (Å²) in [6.45, 7) is 0. The largest absolute Gasteiger partial charge is 0.497 e. The van der Waals surface area contributed by atoms with Crippen molar-refractivity contribution >= 4 is 29.3 Å². The summed E-state index contributed by atoms with van der Waals surface area (Å²) in [5.41, 5.74) is 6.60. The lowest BCUT2D eigenvalue weighted by Gasteiger charge is -2.02. The lowest BCUT2D eigenvalue weighted by Crippen LogP contribution is -2.09. The number of nitrogens with two attached hydrogens (primary N) is 2. The number of thioether (sulfide) groups is 1. The van der Waals surface area contributed by atoms with E-state index in [0.717, 1.165) is 17.1 Å². The van der Waals surface area contributed by atoms with Crippen molar-refractivity contribution in [2.24, 2.45) is 16.7 Å². The van der Waals surface area contributed by atoms with Crippen LogP contribution in [0.1, 0.15) is 5.56 Å². The Bertz CT molecular complexity index is 316. The third-order valence-electron chi connectivity index (χ3n) is 1.67. The Balaban J connectivity index is 0.00000196. The molecule has 4 N–H and O–H groups in total. The van der Waals surface area contributed by atoms with Gasteiger partial charge >= 0.3 is 0 Å². The zero-order valence-electron chi connectivity index (χ0n) is 8.34. The van der Waals surface area contributed by atoms with Crippen LogP contribution in [0.25, 0.3) is 0 Å². The Morgan fingerprint density at radius 2 is 2.00 bits per heavy atom. The molecule has 6 heteroatoms. The molecular weight excluding hydrogens is 234 g/mol. The van der Waals surface area contributed by atoms with Gasteiger partial charge in [0.25, 0.3) is 0 Å². The Labute approximate surface area is 99.5 Å². The Morgan fingerprint density at radius 3 is 2.47 bits per heavy atom. The van der Waals surface area contributed by atoms with Gasteiger partial charge in [-0.3, -0.25) is 0 Å². The highest BCUT2D eigenvalue weighted by Crippen LogP contribution is 2.16. The molecule has 84 valence electrons. The standard InChI is InChI=1S/C9H13N3OS.ClH/c1-13-8-4-2-7(3-5-8)6-14-9(10)12-11;/h2-5H,6,11H2,1H3,(H2,10,12);1H. The van der Waals surface area contributed by atoms with Crippen molar-refractivity contribution in [3.63, 3.8) is 0 Å². The molecule has 0 bridgehead atoms. The quantitative estimate of drug-likeness (QED) is 0.368. The fourth-order valence-electron chi connectivity index (χ4n) is 0.916. The summed E-state index contributed by atoms with van der Waals surface area (Å²) >= 11 is 1.40. The SMILES string of the molecule is COc1ccc(CS/C(N)=N/N)cc1.Cl. The van der Waals surface area contributed by atoms with Gasteiger partial charge in [0, 0.05) is 5.75 Å². The van der Waals surface area contributed by atoms with Crippen LogP contribution in [0, 0.1) is 0 Å². The molecule has 0 aliphatic carbocycles. The highest BCUT2D eigenvalue weighted by molar-refractivity contribution is 8.13. The van der Waals surface area contributed by atoms with E-state index < -0.39 is 0 Å². The summed E-state index contributed by atoms with van der Waals surface area (Å²) in [5, 5.41) is 3.76. The van der Waals surface area contributed by atoms with Gasteiger partial charge in [0.05, 0.1) is 7.11 Å². The minimum absolute atomic E-state index is 0. The van der Waals surface area contributed by atoms with Gasteiger partial charge in [-0.15, -0.1) is 12.4 Å². The molecule has 1 aromatic rings. The molecule has 15 heavy (non-hydrogen) atoms. The predicted molar refractivity (Wildman–Crippen MR) is 67.3 cm³/mol. The van der Waals surface area contributed by atoms with Gasteiger partial charge in [-0.2, -0.15) is 5.10 Å². The number of amidine groups is 1. The van der Waals surface area contributed by atoms with Gasteiger partial charge in [0.15, 0.2) is 5.17 Å². The number of benzene rings is 1. The van der Waals surface area contributed by atoms with Crippen LogP contribution in [0.4, 0.5) is 0 Å². The zero-order valence-corrected chi connectivity index (χ0v) is 9.98. The number of ether oxygens (including phenoxy) is 1. The third-order valence-corrected chi connectivity index (χ3v) is 2.55. The smallest absolute Gasteiger partial charge is 0.177 e. The van der Waals surface area contributed by atoms with Crippen LogP contribution in [-0.4, -0.2) is 12.3 Å². The van der Waals surface area contributed by atoms with Crippen LogP contribution < -0.4 is 16.3 Å². The second kappa shape index (κ2) is 7.25. The van der Waals surface area contributed by atoms with Crippen molar-refractivity contribution in [2.45, 2.75) is 5.75 Å². The van der Waals surface area contributed by atoms with Crippen molar-refractivity contribution in [1.29, 1.82) is 0 Å². The Kier molecular flexibility index (Phi) is 6.73. The summed E-state index contributed by atoms with van der Waals surface area (Å²) < 4.78 is 5.04. The predicted octanol–water partition coefficient (Wildman–Crippen LogP) is 1.54. The fourth-order valence-corrected chi connectivity index (χ4v) is 1.50. The maximum absolute atomic E-state index is 5.44. The van der Waals surface area contributed by atoms with E-state index in [9.17, 15) is 0 Å². The van der Waals surface area contributed by atoms with Gasteiger partial charge < -0.3 is 16.3 Å². The molecule has 0 unspecified atom stereocenters. The number of hydrogen-bond donors (Lipinski definition) is 2. The van der Waals surface area contributed by atoms with Crippen LogP contribution in [0.2, 0.25) is 0 Å². The normalized spacial score (nSPS) is 10.6. The molecule has 0 saturated carbocycles. The Morgan fingerprint density at radius 1 is 1.40 bits per heavy atom. The topological polar surface area (TPSA) is 73.6 Å². The van der Waals surface area contributed by atoms with Gasteiger partial charge in [-0.05, 0) is 17.7 Å². The third kappa shape index (κ3) is 4.80. The fraction of sp³-hybridized carbons (Fsp3) is 0.222. The van der Waals surface area contributed by atoms with Gasteiger partial charge in [-0.1, -0.05) is 23.9 Å².